The Balaban J connectivity index is 1.68. The van der Waals surface area contributed by atoms with E-state index in [1.807, 2.05) is 24.5 Å². The van der Waals surface area contributed by atoms with Crippen molar-refractivity contribution in [2.24, 2.45) is 0 Å². The van der Waals surface area contributed by atoms with Gasteiger partial charge in [-0.05, 0) is 44.1 Å². The zero-order valence-electron chi connectivity index (χ0n) is 12.0. The summed E-state index contributed by atoms with van der Waals surface area (Å²) < 4.78 is 23.1. The summed E-state index contributed by atoms with van der Waals surface area (Å²) in [5, 5.41) is 3.29. The molecule has 2 heterocycles. The molecule has 1 unspecified atom stereocenters. The fraction of sp³-hybridized carbons (Fsp3) is 0.643. The van der Waals surface area contributed by atoms with E-state index in [1.54, 1.807) is 0 Å². The van der Waals surface area contributed by atoms with Crippen LogP contribution in [0.4, 0.5) is 0 Å². The van der Waals surface area contributed by atoms with E-state index in [0.717, 1.165) is 25.9 Å². The monoisotopic (exact) mass is 297 g/mol. The van der Waals surface area contributed by atoms with Crippen molar-refractivity contribution in [2.45, 2.75) is 18.9 Å². The van der Waals surface area contributed by atoms with Gasteiger partial charge in [0.1, 0.15) is 0 Å². The lowest BCUT2D eigenvalue weighted by molar-refractivity contribution is 0.313. The van der Waals surface area contributed by atoms with Crippen LogP contribution >= 0.6 is 0 Å². The van der Waals surface area contributed by atoms with E-state index in [2.05, 4.69) is 22.2 Å². The normalized spacial score (nSPS) is 22.0. The van der Waals surface area contributed by atoms with Crippen LogP contribution in [0.3, 0.4) is 0 Å². The van der Waals surface area contributed by atoms with Crippen LogP contribution in [0.25, 0.3) is 0 Å². The molecule has 1 saturated heterocycles. The van der Waals surface area contributed by atoms with Gasteiger partial charge in [0.15, 0.2) is 9.84 Å². The number of sulfone groups is 1. The summed E-state index contributed by atoms with van der Waals surface area (Å²) >= 11 is 0. The Labute approximate surface area is 121 Å². The third-order valence-electron chi connectivity index (χ3n) is 3.69. The number of pyridine rings is 1. The predicted molar refractivity (Wildman–Crippen MR) is 80.5 cm³/mol. The van der Waals surface area contributed by atoms with Crippen molar-refractivity contribution in [3.05, 3.63) is 30.1 Å². The highest BCUT2D eigenvalue weighted by molar-refractivity contribution is 7.91. The van der Waals surface area contributed by atoms with Gasteiger partial charge in [-0.1, -0.05) is 0 Å². The summed E-state index contributed by atoms with van der Waals surface area (Å²) in [4.78, 5) is 6.26. The Morgan fingerprint density at radius 1 is 1.35 bits per heavy atom. The van der Waals surface area contributed by atoms with E-state index >= 15 is 0 Å². The first kappa shape index (κ1) is 15.4. The molecule has 0 spiro atoms. The average Bonchev–Trinajstić information content (AvgIpc) is 2.43. The van der Waals surface area contributed by atoms with Crippen LogP contribution in [0.15, 0.2) is 24.5 Å². The van der Waals surface area contributed by atoms with Crippen molar-refractivity contribution < 1.29 is 8.42 Å². The number of nitrogens with zero attached hydrogens (tertiary/aromatic N) is 2. The molecular formula is C14H23N3O2S. The van der Waals surface area contributed by atoms with Crippen molar-refractivity contribution in [3.8, 4) is 0 Å². The van der Waals surface area contributed by atoms with Gasteiger partial charge in [-0.25, -0.2) is 8.42 Å². The van der Waals surface area contributed by atoms with Crippen LogP contribution in [0.5, 0.6) is 0 Å². The lowest BCUT2D eigenvalue weighted by Crippen LogP contribution is -2.46. The number of hydrogen-bond acceptors (Lipinski definition) is 5. The first-order valence-corrected chi connectivity index (χ1v) is 8.88. The van der Waals surface area contributed by atoms with Crippen LogP contribution in [0.2, 0.25) is 0 Å². The molecule has 1 fully saturated rings. The summed E-state index contributed by atoms with van der Waals surface area (Å²) in [6, 6.07) is 4.17. The highest BCUT2D eigenvalue weighted by atomic mass is 32.2. The Morgan fingerprint density at radius 3 is 2.80 bits per heavy atom. The van der Waals surface area contributed by atoms with Crippen LogP contribution in [0.1, 0.15) is 12.0 Å². The van der Waals surface area contributed by atoms with Gasteiger partial charge in [0, 0.05) is 31.5 Å². The minimum absolute atomic E-state index is 0.108. The van der Waals surface area contributed by atoms with E-state index in [0.29, 0.717) is 6.54 Å². The average molecular weight is 297 g/mol. The molecule has 0 radical (unpaired) electrons. The molecule has 0 aliphatic carbocycles. The molecule has 0 aromatic carbocycles. The number of hydrogen-bond donors (Lipinski definition) is 1. The lowest BCUT2D eigenvalue weighted by atomic mass is 10.2. The summed E-state index contributed by atoms with van der Waals surface area (Å²) in [6.45, 7) is 2.48. The molecule has 0 saturated carbocycles. The first-order valence-electron chi connectivity index (χ1n) is 7.06. The largest absolute Gasteiger partial charge is 0.312 e. The van der Waals surface area contributed by atoms with Crippen LogP contribution in [-0.4, -0.2) is 62.5 Å². The van der Waals surface area contributed by atoms with E-state index < -0.39 is 9.84 Å². The predicted octanol–water partition coefficient (Wildman–Crippen LogP) is 0.333. The van der Waals surface area contributed by atoms with Gasteiger partial charge in [0.05, 0.1) is 11.5 Å². The quantitative estimate of drug-likeness (QED) is 0.820. The Morgan fingerprint density at radius 2 is 2.10 bits per heavy atom. The summed E-state index contributed by atoms with van der Waals surface area (Å²) in [5.74, 6) is 0.562. The van der Waals surface area contributed by atoms with Crippen molar-refractivity contribution >= 4 is 9.84 Å². The van der Waals surface area contributed by atoms with Crippen molar-refractivity contribution in [1.82, 2.24) is 15.2 Å². The second-order valence-electron chi connectivity index (χ2n) is 5.46. The minimum Gasteiger partial charge on any atom is -0.312 e. The molecule has 20 heavy (non-hydrogen) atoms. The molecule has 1 atom stereocenters. The number of aromatic nitrogens is 1. The highest BCUT2D eigenvalue weighted by Gasteiger charge is 2.23. The fourth-order valence-electron chi connectivity index (χ4n) is 2.41. The second-order valence-corrected chi connectivity index (χ2v) is 7.69. The summed E-state index contributed by atoms with van der Waals surface area (Å²) in [6.07, 6.45) is 5.50. The molecular weight excluding hydrogens is 274 g/mol. The van der Waals surface area contributed by atoms with Crippen LogP contribution < -0.4 is 5.32 Å². The third-order valence-corrected chi connectivity index (χ3v) is 5.43. The molecule has 2 rings (SSSR count). The number of nitrogens with one attached hydrogen (secondary N) is 1. The molecule has 112 valence electrons. The Kier molecular flexibility index (Phi) is 5.51. The molecule has 1 aliphatic rings. The van der Waals surface area contributed by atoms with E-state index in [1.165, 1.54) is 5.56 Å². The smallest absolute Gasteiger partial charge is 0.153 e. The fourth-order valence-corrected chi connectivity index (χ4v) is 3.90. The van der Waals surface area contributed by atoms with E-state index in [4.69, 9.17) is 0 Å². The van der Waals surface area contributed by atoms with Gasteiger partial charge >= 0.3 is 0 Å². The minimum atomic E-state index is -2.82. The molecule has 0 amide bonds. The highest BCUT2D eigenvalue weighted by Crippen LogP contribution is 2.06. The van der Waals surface area contributed by atoms with E-state index in [9.17, 15) is 8.42 Å². The van der Waals surface area contributed by atoms with Gasteiger partial charge in [-0.2, -0.15) is 0 Å². The zero-order valence-corrected chi connectivity index (χ0v) is 12.8. The van der Waals surface area contributed by atoms with Gasteiger partial charge in [0.2, 0.25) is 0 Å². The topological polar surface area (TPSA) is 62.3 Å². The molecule has 1 N–H and O–H groups in total. The van der Waals surface area contributed by atoms with Crippen LogP contribution in [-0.2, 0) is 16.3 Å². The lowest BCUT2D eigenvalue weighted by Gasteiger charge is -2.26. The maximum Gasteiger partial charge on any atom is 0.153 e. The molecule has 5 nitrogen and oxygen atoms in total. The van der Waals surface area contributed by atoms with Gasteiger partial charge in [-0.3, -0.25) is 4.98 Å². The molecule has 1 aromatic rings. The number of likely N-dealkylation sites (N-methyl/N-ethyl adjacent to an activating group) is 1. The standard InChI is InChI=1S/C14H23N3O2S/c1-17(9-4-13-2-6-15-7-3-13)10-5-14-12-20(18,19)11-8-16-14/h2-3,6-7,14,16H,4-5,8-12H2,1H3. The summed E-state index contributed by atoms with van der Waals surface area (Å²) in [7, 11) is -0.741. The van der Waals surface area contributed by atoms with Gasteiger partial charge < -0.3 is 10.2 Å². The second kappa shape index (κ2) is 7.15. The van der Waals surface area contributed by atoms with Gasteiger partial charge in [0.25, 0.3) is 0 Å². The van der Waals surface area contributed by atoms with Crippen LogP contribution in [0, 0.1) is 0 Å². The van der Waals surface area contributed by atoms with Gasteiger partial charge in [-0.15, -0.1) is 0 Å². The maximum absolute atomic E-state index is 11.6. The van der Waals surface area contributed by atoms with Crippen molar-refractivity contribution in [1.29, 1.82) is 0 Å². The first-order chi connectivity index (χ1) is 9.55. The third kappa shape index (κ3) is 5.19. The Bertz CT molecular complexity index is 504. The van der Waals surface area contributed by atoms with Crippen molar-refractivity contribution in [2.75, 3.05) is 38.2 Å². The van der Waals surface area contributed by atoms with E-state index in [-0.39, 0.29) is 17.5 Å². The molecule has 1 aromatic heterocycles. The molecule has 0 bridgehead atoms. The summed E-state index contributed by atoms with van der Waals surface area (Å²) in [5.41, 5.74) is 1.28. The molecule has 6 heteroatoms. The zero-order chi connectivity index (χ0) is 14.4. The maximum atomic E-state index is 11.6. The SMILES string of the molecule is CN(CCc1ccncc1)CCC1CS(=O)(=O)CCN1. The Hall–Kier alpha value is -0.980. The molecule has 1 aliphatic heterocycles. The number of rotatable bonds is 6. The van der Waals surface area contributed by atoms with Crippen molar-refractivity contribution in [3.63, 3.8) is 0 Å².